The zero-order valence-electron chi connectivity index (χ0n) is 16.0. The van der Waals surface area contributed by atoms with Gasteiger partial charge in [-0.1, -0.05) is 42.5 Å². The van der Waals surface area contributed by atoms with Crippen LogP contribution in [0.4, 0.5) is 0 Å². The third-order valence-corrected chi connectivity index (χ3v) is 7.10. The molecule has 0 spiro atoms. The van der Waals surface area contributed by atoms with Crippen molar-refractivity contribution in [3.63, 3.8) is 0 Å². The quantitative estimate of drug-likeness (QED) is 0.590. The molecule has 146 valence electrons. The van der Waals surface area contributed by atoms with Crippen molar-refractivity contribution < 1.29 is 12.8 Å². The van der Waals surface area contributed by atoms with Gasteiger partial charge in [-0.3, -0.25) is 4.90 Å². The fourth-order valence-electron chi connectivity index (χ4n) is 3.87. The maximum absolute atomic E-state index is 11.9. The predicted molar refractivity (Wildman–Crippen MR) is 112 cm³/mol. The molecule has 5 nitrogen and oxygen atoms in total. The van der Waals surface area contributed by atoms with E-state index >= 15 is 0 Å². The SMILES string of the molecule is C=CCN(Cc1nc(-c2cccc3ccccc23)oc1C)[C@@H]1CCS(=O)(=O)C1. The molecule has 0 radical (unpaired) electrons. The smallest absolute Gasteiger partial charge is 0.227 e. The number of nitrogens with zero attached hydrogens (tertiary/aromatic N) is 2. The van der Waals surface area contributed by atoms with E-state index in [2.05, 4.69) is 29.7 Å². The molecule has 0 bridgehead atoms. The van der Waals surface area contributed by atoms with Crippen LogP contribution in [0.1, 0.15) is 17.9 Å². The van der Waals surface area contributed by atoms with Gasteiger partial charge < -0.3 is 4.42 Å². The van der Waals surface area contributed by atoms with E-state index < -0.39 is 9.84 Å². The highest BCUT2D eigenvalue weighted by molar-refractivity contribution is 7.91. The first-order valence-corrected chi connectivity index (χ1v) is 11.3. The van der Waals surface area contributed by atoms with Crippen molar-refractivity contribution in [2.75, 3.05) is 18.1 Å². The second-order valence-electron chi connectivity index (χ2n) is 7.32. The molecule has 2 heterocycles. The van der Waals surface area contributed by atoms with Crippen molar-refractivity contribution in [3.05, 3.63) is 66.6 Å². The fourth-order valence-corrected chi connectivity index (χ4v) is 5.63. The van der Waals surface area contributed by atoms with Crippen LogP contribution in [-0.2, 0) is 16.4 Å². The van der Waals surface area contributed by atoms with Crippen LogP contribution in [0.25, 0.3) is 22.2 Å². The topological polar surface area (TPSA) is 63.4 Å². The lowest BCUT2D eigenvalue weighted by atomic mass is 10.0. The maximum atomic E-state index is 11.9. The van der Waals surface area contributed by atoms with E-state index in [1.165, 1.54) is 0 Å². The van der Waals surface area contributed by atoms with Crippen LogP contribution in [0, 0.1) is 6.92 Å². The van der Waals surface area contributed by atoms with E-state index in [1.54, 1.807) is 0 Å². The molecule has 0 amide bonds. The Kier molecular flexibility index (Phi) is 5.08. The lowest BCUT2D eigenvalue weighted by molar-refractivity contribution is 0.223. The van der Waals surface area contributed by atoms with Gasteiger partial charge in [0, 0.05) is 24.7 Å². The normalized spacial score (nSPS) is 18.7. The highest BCUT2D eigenvalue weighted by Crippen LogP contribution is 2.30. The predicted octanol–water partition coefficient (Wildman–Crippen LogP) is 3.98. The van der Waals surface area contributed by atoms with Crippen molar-refractivity contribution in [1.29, 1.82) is 0 Å². The summed E-state index contributed by atoms with van der Waals surface area (Å²) in [7, 11) is -2.94. The van der Waals surface area contributed by atoms with Crippen molar-refractivity contribution in [3.8, 4) is 11.5 Å². The minimum atomic E-state index is -2.94. The Balaban J connectivity index is 1.64. The first-order chi connectivity index (χ1) is 13.5. The Morgan fingerprint density at radius 3 is 2.79 bits per heavy atom. The Labute approximate surface area is 165 Å². The van der Waals surface area contributed by atoms with Gasteiger partial charge in [-0.2, -0.15) is 0 Å². The first kappa shape index (κ1) is 18.9. The number of rotatable bonds is 6. The number of fused-ring (bicyclic) bond motifs is 1. The molecule has 0 unspecified atom stereocenters. The summed E-state index contributed by atoms with van der Waals surface area (Å²) in [5, 5.41) is 2.24. The summed E-state index contributed by atoms with van der Waals surface area (Å²) < 4.78 is 29.8. The van der Waals surface area contributed by atoms with Gasteiger partial charge in [-0.25, -0.2) is 13.4 Å². The Bertz CT molecular complexity index is 1110. The van der Waals surface area contributed by atoms with Crippen LogP contribution >= 0.6 is 0 Å². The highest BCUT2D eigenvalue weighted by Gasteiger charge is 2.32. The Hall–Kier alpha value is -2.44. The van der Waals surface area contributed by atoms with Crippen molar-refractivity contribution in [2.45, 2.75) is 25.9 Å². The largest absolute Gasteiger partial charge is 0.441 e. The van der Waals surface area contributed by atoms with E-state index in [-0.39, 0.29) is 17.5 Å². The lowest BCUT2D eigenvalue weighted by Crippen LogP contribution is -2.36. The molecule has 1 aliphatic rings. The second kappa shape index (κ2) is 7.53. The lowest BCUT2D eigenvalue weighted by Gasteiger charge is -2.25. The van der Waals surface area contributed by atoms with Crippen LogP contribution < -0.4 is 0 Å². The Morgan fingerprint density at radius 1 is 1.25 bits per heavy atom. The van der Waals surface area contributed by atoms with Gasteiger partial charge in [0.05, 0.1) is 17.2 Å². The number of hydrogen-bond donors (Lipinski definition) is 0. The third-order valence-electron chi connectivity index (χ3n) is 5.35. The van der Waals surface area contributed by atoms with Gasteiger partial charge in [0.1, 0.15) is 5.76 Å². The molecule has 0 saturated carbocycles. The van der Waals surface area contributed by atoms with E-state index in [1.807, 2.05) is 37.3 Å². The van der Waals surface area contributed by atoms with Crippen molar-refractivity contribution >= 4 is 20.6 Å². The van der Waals surface area contributed by atoms with Gasteiger partial charge in [-0.05, 0) is 30.2 Å². The zero-order chi connectivity index (χ0) is 19.7. The molecular weight excluding hydrogens is 372 g/mol. The van der Waals surface area contributed by atoms with Gasteiger partial charge in [-0.15, -0.1) is 6.58 Å². The summed E-state index contributed by atoms with van der Waals surface area (Å²) in [6.07, 6.45) is 2.47. The van der Waals surface area contributed by atoms with E-state index in [0.29, 0.717) is 25.4 Å². The minimum Gasteiger partial charge on any atom is -0.441 e. The number of sulfone groups is 1. The summed E-state index contributed by atoms with van der Waals surface area (Å²) in [6.45, 7) is 6.90. The molecule has 1 saturated heterocycles. The molecule has 1 fully saturated rings. The van der Waals surface area contributed by atoms with Gasteiger partial charge >= 0.3 is 0 Å². The molecule has 4 rings (SSSR count). The van der Waals surface area contributed by atoms with Crippen LogP contribution in [0.3, 0.4) is 0 Å². The molecule has 1 aliphatic heterocycles. The van der Waals surface area contributed by atoms with Crippen LogP contribution in [0.5, 0.6) is 0 Å². The first-order valence-electron chi connectivity index (χ1n) is 9.46. The summed E-state index contributed by atoms with van der Waals surface area (Å²) in [5.41, 5.74) is 1.81. The van der Waals surface area contributed by atoms with Crippen LogP contribution in [0.15, 0.2) is 59.5 Å². The maximum Gasteiger partial charge on any atom is 0.227 e. The molecule has 1 aromatic heterocycles. The van der Waals surface area contributed by atoms with Crippen molar-refractivity contribution in [2.24, 2.45) is 0 Å². The monoisotopic (exact) mass is 396 g/mol. The number of oxazole rings is 1. The summed E-state index contributed by atoms with van der Waals surface area (Å²) in [5.74, 6) is 1.82. The number of hydrogen-bond acceptors (Lipinski definition) is 5. The molecule has 6 heteroatoms. The van der Waals surface area contributed by atoms with E-state index in [0.717, 1.165) is 27.8 Å². The number of aryl methyl sites for hydroxylation is 1. The number of aromatic nitrogens is 1. The standard InChI is InChI=1S/C22H24N2O3S/c1-3-12-24(18-11-13-28(25,26)15-18)14-21-16(2)27-22(23-21)20-10-6-8-17-7-4-5-9-19(17)20/h3-10,18H,1,11-15H2,2H3/t18-/m1/s1. The van der Waals surface area contributed by atoms with Gasteiger partial charge in [0.2, 0.25) is 5.89 Å². The van der Waals surface area contributed by atoms with E-state index in [4.69, 9.17) is 9.40 Å². The van der Waals surface area contributed by atoms with Crippen LogP contribution in [-0.4, -0.2) is 42.4 Å². The van der Waals surface area contributed by atoms with Gasteiger partial charge in [0.15, 0.2) is 9.84 Å². The summed E-state index contributed by atoms with van der Waals surface area (Å²) in [6, 6.07) is 14.3. The highest BCUT2D eigenvalue weighted by atomic mass is 32.2. The molecule has 2 aromatic carbocycles. The minimum absolute atomic E-state index is 0.0000976. The fraction of sp³-hybridized carbons (Fsp3) is 0.318. The zero-order valence-corrected chi connectivity index (χ0v) is 16.8. The third kappa shape index (κ3) is 3.75. The molecular formula is C22H24N2O3S. The molecule has 0 N–H and O–H groups in total. The molecule has 28 heavy (non-hydrogen) atoms. The van der Waals surface area contributed by atoms with Crippen molar-refractivity contribution in [1.82, 2.24) is 9.88 Å². The van der Waals surface area contributed by atoms with Crippen LogP contribution in [0.2, 0.25) is 0 Å². The average Bonchev–Trinajstić information content (AvgIpc) is 3.23. The Morgan fingerprint density at radius 2 is 2.04 bits per heavy atom. The molecule has 1 atom stereocenters. The summed E-state index contributed by atoms with van der Waals surface area (Å²) in [4.78, 5) is 6.90. The van der Waals surface area contributed by atoms with Gasteiger partial charge in [0.25, 0.3) is 0 Å². The number of benzene rings is 2. The van der Waals surface area contributed by atoms with E-state index in [9.17, 15) is 8.42 Å². The second-order valence-corrected chi connectivity index (χ2v) is 9.55. The summed E-state index contributed by atoms with van der Waals surface area (Å²) >= 11 is 0. The average molecular weight is 397 g/mol. The molecule has 0 aliphatic carbocycles. The molecule has 3 aromatic rings.